The first-order valence-corrected chi connectivity index (χ1v) is 10.4. The molecule has 0 N–H and O–H groups in total. The Bertz CT molecular complexity index is 1080. The third-order valence-corrected chi connectivity index (χ3v) is 5.99. The molecule has 0 amide bonds. The molecule has 0 spiro atoms. The van der Waals surface area contributed by atoms with Gasteiger partial charge in [-0.25, -0.2) is 0 Å². The van der Waals surface area contributed by atoms with Crippen LogP contribution in [0.1, 0.15) is 29.7 Å². The van der Waals surface area contributed by atoms with Gasteiger partial charge in [0.25, 0.3) is 5.56 Å². The lowest BCUT2D eigenvalue weighted by atomic mass is 9.82. The van der Waals surface area contributed by atoms with E-state index in [-0.39, 0.29) is 5.56 Å². The van der Waals surface area contributed by atoms with Crippen LogP contribution in [0.5, 0.6) is 0 Å². The predicted octanol–water partition coefficient (Wildman–Crippen LogP) is 2.10. The topological polar surface area (TPSA) is 86.3 Å². The number of hydrogen-bond acceptors (Lipinski definition) is 7. The van der Waals surface area contributed by atoms with Gasteiger partial charge in [-0.2, -0.15) is 4.98 Å². The monoisotopic (exact) mass is 407 g/mol. The van der Waals surface area contributed by atoms with Crippen LogP contribution in [-0.4, -0.2) is 51.4 Å². The molecule has 1 fully saturated rings. The van der Waals surface area contributed by atoms with Crippen LogP contribution in [-0.2, 0) is 24.2 Å². The Morgan fingerprint density at radius 2 is 2.17 bits per heavy atom. The first-order chi connectivity index (χ1) is 14.7. The minimum Gasteiger partial charge on any atom is -0.384 e. The van der Waals surface area contributed by atoms with Crippen molar-refractivity contribution in [3.05, 3.63) is 64.3 Å². The average Bonchev–Trinajstić information content (AvgIpc) is 3.20. The quantitative estimate of drug-likeness (QED) is 0.618. The van der Waals surface area contributed by atoms with Crippen molar-refractivity contribution in [3.63, 3.8) is 0 Å². The minimum absolute atomic E-state index is 0.0657. The second kappa shape index (κ2) is 8.12. The standard InChI is InChI=1S/C22H25N5O3/c1-29-7-5-20-24-21(30-25-20)14-26-11-15-8-17(13-26)19-9-16(10-22(28)27(19)12-15)18-4-2-3-6-23-18/h2-4,6,9-10,15,17H,5,7-8,11-14H2,1H3/t15-,17+/m0/s1. The van der Waals surface area contributed by atoms with Crippen molar-refractivity contribution in [1.82, 2.24) is 24.6 Å². The maximum absolute atomic E-state index is 12.8. The van der Waals surface area contributed by atoms with Crippen molar-refractivity contribution >= 4 is 0 Å². The number of rotatable bonds is 6. The van der Waals surface area contributed by atoms with Gasteiger partial charge in [-0.1, -0.05) is 11.2 Å². The molecule has 0 aliphatic carbocycles. The van der Waals surface area contributed by atoms with Gasteiger partial charge in [-0.15, -0.1) is 0 Å². The molecule has 0 aromatic carbocycles. The largest absolute Gasteiger partial charge is 0.384 e. The van der Waals surface area contributed by atoms with E-state index < -0.39 is 0 Å². The van der Waals surface area contributed by atoms with Gasteiger partial charge in [0.2, 0.25) is 5.89 Å². The van der Waals surface area contributed by atoms with Gasteiger partial charge in [-0.3, -0.25) is 14.7 Å². The summed E-state index contributed by atoms with van der Waals surface area (Å²) in [4.78, 5) is 24.1. The number of piperidine rings is 1. The second-order valence-corrected chi connectivity index (χ2v) is 8.17. The zero-order valence-electron chi connectivity index (χ0n) is 17.0. The van der Waals surface area contributed by atoms with Gasteiger partial charge < -0.3 is 13.8 Å². The number of ether oxygens (including phenoxy) is 1. The third kappa shape index (κ3) is 3.80. The summed E-state index contributed by atoms with van der Waals surface area (Å²) in [6, 6.07) is 9.63. The highest BCUT2D eigenvalue weighted by Crippen LogP contribution is 2.36. The van der Waals surface area contributed by atoms with E-state index in [9.17, 15) is 4.79 Å². The summed E-state index contributed by atoms with van der Waals surface area (Å²) >= 11 is 0. The van der Waals surface area contributed by atoms with Crippen LogP contribution in [0, 0.1) is 5.92 Å². The van der Waals surface area contributed by atoms with E-state index in [4.69, 9.17) is 9.26 Å². The summed E-state index contributed by atoms with van der Waals surface area (Å²) in [6.45, 7) is 3.78. The Balaban J connectivity index is 1.36. The van der Waals surface area contributed by atoms with Crippen molar-refractivity contribution in [1.29, 1.82) is 0 Å². The average molecular weight is 407 g/mol. The highest BCUT2D eigenvalue weighted by atomic mass is 16.5. The summed E-state index contributed by atoms with van der Waals surface area (Å²) in [5.41, 5.74) is 2.90. The van der Waals surface area contributed by atoms with Crippen LogP contribution >= 0.6 is 0 Å². The summed E-state index contributed by atoms with van der Waals surface area (Å²) in [5.74, 6) is 2.08. The first kappa shape index (κ1) is 19.1. The number of fused-ring (bicyclic) bond motifs is 4. The smallest absolute Gasteiger partial charge is 0.251 e. The highest BCUT2D eigenvalue weighted by Gasteiger charge is 2.35. The van der Waals surface area contributed by atoms with Crippen LogP contribution in [0.15, 0.2) is 45.8 Å². The van der Waals surface area contributed by atoms with Gasteiger partial charge in [0.1, 0.15) is 0 Å². The molecule has 3 aromatic heterocycles. The molecule has 0 saturated carbocycles. The van der Waals surface area contributed by atoms with Gasteiger partial charge in [0, 0.05) is 62.6 Å². The molecule has 2 aliphatic rings. The van der Waals surface area contributed by atoms with Crippen LogP contribution in [0.25, 0.3) is 11.3 Å². The Morgan fingerprint density at radius 1 is 1.23 bits per heavy atom. The SMILES string of the molecule is COCCc1noc(CN2C[C@@H]3C[C@H](C2)c2cc(-c4ccccn4)cc(=O)n2C3)n1. The number of aromatic nitrogens is 4. The number of hydrogen-bond donors (Lipinski definition) is 0. The van der Waals surface area contributed by atoms with E-state index in [0.29, 0.717) is 43.1 Å². The Hall–Kier alpha value is -2.84. The fraction of sp³-hybridized carbons (Fsp3) is 0.455. The molecule has 2 atom stereocenters. The predicted molar refractivity (Wildman–Crippen MR) is 110 cm³/mol. The van der Waals surface area contributed by atoms with E-state index in [1.54, 1.807) is 19.4 Å². The van der Waals surface area contributed by atoms with Crippen molar-refractivity contribution in [2.24, 2.45) is 5.92 Å². The summed E-state index contributed by atoms with van der Waals surface area (Å²) < 4.78 is 12.5. The van der Waals surface area contributed by atoms with E-state index in [0.717, 1.165) is 43.0 Å². The van der Waals surface area contributed by atoms with Crippen molar-refractivity contribution < 1.29 is 9.26 Å². The molecule has 5 rings (SSSR count). The molecule has 2 aliphatic heterocycles. The van der Waals surface area contributed by atoms with Gasteiger partial charge in [0.15, 0.2) is 5.82 Å². The Morgan fingerprint density at radius 3 is 3.00 bits per heavy atom. The molecular weight excluding hydrogens is 382 g/mol. The van der Waals surface area contributed by atoms with Crippen molar-refractivity contribution in [2.45, 2.75) is 31.8 Å². The molecule has 8 heteroatoms. The summed E-state index contributed by atoms with van der Waals surface area (Å²) in [6.07, 6.45) is 3.51. The third-order valence-electron chi connectivity index (χ3n) is 5.99. The van der Waals surface area contributed by atoms with Crippen LogP contribution in [0.2, 0.25) is 0 Å². The van der Waals surface area contributed by atoms with E-state index in [2.05, 4.69) is 26.1 Å². The van der Waals surface area contributed by atoms with Crippen LogP contribution in [0.3, 0.4) is 0 Å². The van der Waals surface area contributed by atoms with Gasteiger partial charge in [0.05, 0.1) is 18.8 Å². The maximum atomic E-state index is 12.8. The zero-order valence-corrected chi connectivity index (χ0v) is 17.0. The molecule has 2 bridgehead atoms. The highest BCUT2D eigenvalue weighted by molar-refractivity contribution is 5.59. The summed E-state index contributed by atoms with van der Waals surface area (Å²) in [5, 5.41) is 4.04. The zero-order chi connectivity index (χ0) is 20.5. The van der Waals surface area contributed by atoms with E-state index >= 15 is 0 Å². The van der Waals surface area contributed by atoms with E-state index in [1.165, 1.54) is 0 Å². The normalized spacial score (nSPS) is 20.8. The fourth-order valence-corrected chi connectivity index (χ4v) is 4.71. The molecule has 30 heavy (non-hydrogen) atoms. The molecule has 5 heterocycles. The molecule has 156 valence electrons. The second-order valence-electron chi connectivity index (χ2n) is 8.17. The Labute approximate surface area is 174 Å². The van der Waals surface area contributed by atoms with Crippen molar-refractivity contribution in [3.8, 4) is 11.3 Å². The molecule has 1 saturated heterocycles. The number of methoxy groups -OCH3 is 1. The minimum atomic E-state index is 0.0657. The van der Waals surface area contributed by atoms with Crippen LogP contribution in [0.4, 0.5) is 0 Å². The number of nitrogens with zero attached hydrogens (tertiary/aromatic N) is 5. The maximum Gasteiger partial charge on any atom is 0.251 e. The molecular formula is C22H25N5O3. The van der Waals surface area contributed by atoms with Crippen molar-refractivity contribution in [2.75, 3.05) is 26.8 Å². The lowest BCUT2D eigenvalue weighted by Crippen LogP contribution is -2.46. The summed E-state index contributed by atoms with van der Waals surface area (Å²) in [7, 11) is 1.66. The number of likely N-dealkylation sites (tertiary alicyclic amines) is 1. The fourth-order valence-electron chi connectivity index (χ4n) is 4.71. The molecule has 0 unspecified atom stereocenters. The first-order valence-electron chi connectivity index (χ1n) is 10.4. The number of pyridine rings is 2. The molecule has 0 radical (unpaired) electrons. The lowest BCUT2D eigenvalue weighted by Gasteiger charge is -2.42. The van der Waals surface area contributed by atoms with Crippen LogP contribution < -0.4 is 5.56 Å². The lowest BCUT2D eigenvalue weighted by molar-refractivity contribution is 0.104. The molecule has 3 aromatic rings. The molecule has 8 nitrogen and oxygen atoms in total. The van der Waals surface area contributed by atoms with E-state index in [1.807, 2.05) is 22.8 Å². The van der Waals surface area contributed by atoms with Gasteiger partial charge in [-0.05, 0) is 30.5 Å². The Kier molecular flexibility index (Phi) is 5.18. The van der Waals surface area contributed by atoms with Gasteiger partial charge >= 0.3 is 0 Å².